The molecule has 0 spiro atoms. The second kappa shape index (κ2) is 5.68. The summed E-state index contributed by atoms with van der Waals surface area (Å²) in [6, 6.07) is 6.11. The normalized spacial score (nSPS) is 10.3. The van der Waals surface area contributed by atoms with Crippen molar-refractivity contribution in [3.05, 3.63) is 52.5 Å². The van der Waals surface area contributed by atoms with Crippen molar-refractivity contribution in [1.82, 2.24) is 14.9 Å². The van der Waals surface area contributed by atoms with Gasteiger partial charge in [-0.2, -0.15) is 0 Å². The quantitative estimate of drug-likeness (QED) is 0.594. The molecule has 0 unspecified atom stereocenters. The van der Waals surface area contributed by atoms with Crippen LogP contribution in [0.25, 0.3) is 0 Å². The van der Waals surface area contributed by atoms with Crippen molar-refractivity contribution >= 4 is 21.9 Å². The summed E-state index contributed by atoms with van der Waals surface area (Å²) in [6.07, 6.45) is 5.48. The molecule has 0 saturated carbocycles. The third-order valence-corrected chi connectivity index (χ3v) is 3.25. The topological polar surface area (TPSA) is 79.7 Å². The smallest absolute Gasteiger partial charge is 0.185 e. The molecule has 0 saturated heterocycles. The Balaban J connectivity index is 2.07. The maximum Gasteiger partial charge on any atom is 0.185 e. The first-order chi connectivity index (χ1) is 8.65. The number of hydrogen-bond donors (Lipinski definition) is 3. The maximum atomic E-state index is 7.11. The molecule has 0 radical (unpaired) electrons. The standard InChI is InChI=1S/C12H14BrN5/c13-11-5-9(6-17-12(14)15)1-2-10(11)7-18-4-3-16-8-18/h1-5,8H,6-7H2,(H4,14,15,17). The maximum absolute atomic E-state index is 7.11. The van der Waals surface area contributed by atoms with Crippen molar-refractivity contribution in [2.24, 2.45) is 5.73 Å². The highest BCUT2D eigenvalue weighted by molar-refractivity contribution is 9.10. The van der Waals surface area contributed by atoms with Gasteiger partial charge in [-0.05, 0) is 17.2 Å². The number of hydrogen-bond acceptors (Lipinski definition) is 2. The minimum atomic E-state index is -0.0198. The summed E-state index contributed by atoms with van der Waals surface area (Å²) in [5, 5.41) is 9.89. The van der Waals surface area contributed by atoms with E-state index in [1.165, 1.54) is 5.56 Å². The van der Waals surface area contributed by atoms with Crippen LogP contribution in [-0.2, 0) is 13.1 Å². The van der Waals surface area contributed by atoms with E-state index in [1.807, 2.05) is 22.9 Å². The zero-order chi connectivity index (χ0) is 13.0. The Hall–Kier alpha value is -1.82. The van der Waals surface area contributed by atoms with Crippen molar-refractivity contribution < 1.29 is 0 Å². The third kappa shape index (κ3) is 3.33. The van der Waals surface area contributed by atoms with Gasteiger partial charge < -0.3 is 15.6 Å². The molecule has 2 rings (SSSR count). The van der Waals surface area contributed by atoms with Gasteiger partial charge in [-0.25, -0.2) is 4.98 Å². The van der Waals surface area contributed by atoms with E-state index in [0.717, 1.165) is 16.6 Å². The van der Waals surface area contributed by atoms with E-state index < -0.39 is 0 Å². The second-order valence-corrected chi connectivity index (χ2v) is 4.78. The summed E-state index contributed by atoms with van der Waals surface area (Å²) in [6.45, 7) is 1.33. The van der Waals surface area contributed by atoms with Crippen molar-refractivity contribution in [2.75, 3.05) is 0 Å². The lowest BCUT2D eigenvalue weighted by Gasteiger charge is -2.09. The molecule has 0 amide bonds. The lowest BCUT2D eigenvalue weighted by molar-refractivity contribution is 0.792. The number of nitrogens with two attached hydrogens (primary N) is 1. The summed E-state index contributed by atoms with van der Waals surface area (Å²) < 4.78 is 3.05. The first-order valence-electron chi connectivity index (χ1n) is 5.46. The zero-order valence-corrected chi connectivity index (χ0v) is 11.3. The lowest BCUT2D eigenvalue weighted by atomic mass is 10.1. The molecule has 1 aromatic heterocycles. The van der Waals surface area contributed by atoms with E-state index >= 15 is 0 Å². The van der Waals surface area contributed by atoms with E-state index in [-0.39, 0.29) is 5.96 Å². The Kier molecular flexibility index (Phi) is 3.99. The highest BCUT2D eigenvalue weighted by atomic mass is 79.9. The fourth-order valence-electron chi connectivity index (χ4n) is 1.60. The molecule has 2 aromatic rings. The van der Waals surface area contributed by atoms with Crippen molar-refractivity contribution in [1.29, 1.82) is 5.41 Å². The SMILES string of the molecule is N=C(N)NCc1ccc(Cn2ccnc2)c(Br)c1. The van der Waals surface area contributed by atoms with Gasteiger partial charge in [0.05, 0.1) is 6.33 Å². The molecule has 0 fully saturated rings. The highest BCUT2D eigenvalue weighted by Gasteiger charge is 2.02. The molecule has 0 aliphatic rings. The molecule has 6 heteroatoms. The van der Waals surface area contributed by atoms with Crippen LogP contribution in [0.1, 0.15) is 11.1 Å². The average Bonchev–Trinajstić information content (AvgIpc) is 2.82. The Morgan fingerprint density at radius 2 is 2.33 bits per heavy atom. The summed E-state index contributed by atoms with van der Waals surface area (Å²) in [5.41, 5.74) is 7.50. The number of halogens is 1. The molecule has 18 heavy (non-hydrogen) atoms. The first-order valence-corrected chi connectivity index (χ1v) is 6.25. The monoisotopic (exact) mass is 307 g/mol. The van der Waals surface area contributed by atoms with Crippen molar-refractivity contribution in [2.45, 2.75) is 13.1 Å². The molecular weight excluding hydrogens is 294 g/mol. The summed E-state index contributed by atoms with van der Waals surface area (Å²) in [7, 11) is 0. The highest BCUT2D eigenvalue weighted by Crippen LogP contribution is 2.19. The molecule has 0 bridgehead atoms. The van der Waals surface area contributed by atoms with Crippen LogP contribution in [0.5, 0.6) is 0 Å². The van der Waals surface area contributed by atoms with Crippen LogP contribution in [0, 0.1) is 5.41 Å². The number of aromatic nitrogens is 2. The molecule has 4 N–H and O–H groups in total. The molecule has 1 heterocycles. The van der Waals surface area contributed by atoms with Gasteiger partial charge in [-0.15, -0.1) is 0 Å². The number of nitrogens with one attached hydrogen (secondary N) is 2. The Labute approximate surface area is 114 Å². The lowest BCUT2D eigenvalue weighted by Crippen LogP contribution is -2.29. The average molecular weight is 308 g/mol. The predicted molar refractivity (Wildman–Crippen MR) is 74.2 cm³/mol. The van der Waals surface area contributed by atoms with Crippen LogP contribution >= 0.6 is 15.9 Å². The van der Waals surface area contributed by atoms with Crippen LogP contribution in [-0.4, -0.2) is 15.5 Å². The third-order valence-electron chi connectivity index (χ3n) is 2.51. The first kappa shape index (κ1) is 12.6. The zero-order valence-electron chi connectivity index (χ0n) is 9.73. The fourth-order valence-corrected chi connectivity index (χ4v) is 2.15. The van der Waals surface area contributed by atoms with Crippen molar-refractivity contribution in [3.8, 4) is 0 Å². The molecule has 94 valence electrons. The van der Waals surface area contributed by atoms with E-state index in [0.29, 0.717) is 6.54 Å². The summed E-state index contributed by atoms with van der Waals surface area (Å²) in [5.74, 6) is -0.0198. The number of benzene rings is 1. The molecule has 0 atom stereocenters. The van der Waals surface area contributed by atoms with Gasteiger partial charge in [0, 0.05) is 30.0 Å². The predicted octanol–water partition coefficient (Wildman–Crippen LogP) is 1.68. The molecule has 5 nitrogen and oxygen atoms in total. The molecule has 0 aliphatic heterocycles. The Morgan fingerprint density at radius 1 is 1.50 bits per heavy atom. The van der Waals surface area contributed by atoms with Crippen LogP contribution in [0.4, 0.5) is 0 Å². The van der Waals surface area contributed by atoms with E-state index in [4.69, 9.17) is 11.1 Å². The number of nitrogens with zero attached hydrogens (tertiary/aromatic N) is 2. The fraction of sp³-hybridized carbons (Fsp3) is 0.167. The summed E-state index contributed by atoms with van der Waals surface area (Å²) in [4.78, 5) is 4.01. The largest absolute Gasteiger partial charge is 0.370 e. The van der Waals surface area contributed by atoms with Gasteiger partial charge in [0.25, 0.3) is 0 Å². The Morgan fingerprint density at radius 3 is 2.94 bits per heavy atom. The van der Waals surface area contributed by atoms with Gasteiger partial charge in [0.15, 0.2) is 5.96 Å². The molecular formula is C12H14BrN5. The van der Waals surface area contributed by atoms with Crippen LogP contribution in [0.15, 0.2) is 41.4 Å². The molecule has 1 aromatic carbocycles. The van der Waals surface area contributed by atoms with E-state index in [9.17, 15) is 0 Å². The van der Waals surface area contributed by atoms with Gasteiger partial charge in [-0.3, -0.25) is 5.41 Å². The van der Waals surface area contributed by atoms with Crippen LogP contribution in [0.2, 0.25) is 0 Å². The Bertz CT molecular complexity index is 535. The molecule has 0 aliphatic carbocycles. The van der Waals surface area contributed by atoms with E-state index in [1.54, 1.807) is 12.5 Å². The second-order valence-electron chi connectivity index (χ2n) is 3.93. The number of rotatable bonds is 4. The van der Waals surface area contributed by atoms with Crippen molar-refractivity contribution in [3.63, 3.8) is 0 Å². The van der Waals surface area contributed by atoms with Gasteiger partial charge >= 0.3 is 0 Å². The minimum Gasteiger partial charge on any atom is -0.370 e. The van der Waals surface area contributed by atoms with Gasteiger partial charge in [0.1, 0.15) is 0 Å². The summed E-state index contributed by atoms with van der Waals surface area (Å²) >= 11 is 3.55. The van der Waals surface area contributed by atoms with Crippen LogP contribution in [0.3, 0.4) is 0 Å². The van der Waals surface area contributed by atoms with Crippen LogP contribution < -0.4 is 11.1 Å². The van der Waals surface area contributed by atoms with E-state index in [2.05, 4.69) is 32.3 Å². The number of guanidine groups is 1. The number of imidazole rings is 1. The minimum absolute atomic E-state index is 0.0198. The van der Waals surface area contributed by atoms with Gasteiger partial charge in [0.2, 0.25) is 0 Å². The van der Waals surface area contributed by atoms with Gasteiger partial charge in [-0.1, -0.05) is 28.1 Å².